The van der Waals surface area contributed by atoms with Crippen LogP contribution in [0.1, 0.15) is 47.1 Å². The molecule has 0 heterocycles. The number of nitrogens with zero attached hydrogens (tertiary/aromatic N) is 2. The first-order chi connectivity index (χ1) is 14.2. The molecule has 0 radical (unpaired) electrons. The normalized spacial score (nSPS) is 11.6. The van der Waals surface area contributed by atoms with Gasteiger partial charge in [-0.2, -0.15) is 4.90 Å². The van der Waals surface area contributed by atoms with E-state index in [0.717, 1.165) is 11.1 Å². The molecule has 0 N–H and O–H groups in total. The average Bonchev–Trinajstić information content (AvgIpc) is 2.59. The van der Waals surface area contributed by atoms with Crippen LogP contribution in [0.4, 0.5) is 21.0 Å². The summed E-state index contributed by atoms with van der Waals surface area (Å²) >= 11 is 0. The van der Waals surface area contributed by atoms with Crippen LogP contribution < -0.4 is 4.90 Å². The van der Waals surface area contributed by atoms with Gasteiger partial charge in [0.2, 0.25) is 0 Å². The zero-order valence-corrected chi connectivity index (χ0v) is 18.9. The Morgan fingerprint density at radius 1 is 0.839 bits per heavy atom. The fourth-order valence-electron chi connectivity index (χ4n) is 2.67. The Bertz CT molecular complexity index is 957. The lowest BCUT2D eigenvalue weighted by molar-refractivity contribution is -0.384. The minimum Gasteiger partial charge on any atom is -0.443 e. The molecule has 2 amide bonds. The van der Waals surface area contributed by atoms with Gasteiger partial charge in [-0.15, -0.1) is 0 Å². The Hall–Kier alpha value is -3.42. The Labute approximate surface area is 181 Å². The number of rotatable bonds is 3. The topological polar surface area (TPSA) is 99.0 Å². The van der Waals surface area contributed by atoms with Crippen LogP contribution in [-0.2, 0) is 9.47 Å². The maximum absolute atomic E-state index is 12.8. The molecule has 166 valence electrons. The molecule has 8 nitrogen and oxygen atoms in total. The van der Waals surface area contributed by atoms with E-state index in [9.17, 15) is 19.7 Å². The van der Waals surface area contributed by atoms with Gasteiger partial charge in [-0.25, -0.2) is 9.59 Å². The van der Waals surface area contributed by atoms with Crippen molar-refractivity contribution >= 4 is 23.6 Å². The molecule has 0 aliphatic rings. The summed E-state index contributed by atoms with van der Waals surface area (Å²) in [6, 6.07) is 11.7. The third-order valence-electron chi connectivity index (χ3n) is 3.95. The standard InChI is InChI=1S/C23H28N2O6/c1-15-8-10-16(11-9-15)17-12-13-18(19(14-17)25(28)29)24(20(26)30-22(2,3)4)21(27)31-23(5,6)7/h8-14H,1-7H3. The van der Waals surface area contributed by atoms with Crippen molar-refractivity contribution in [3.8, 4) is 11.1 Å². The predicted molar refractivity (Wildman–Crippen MR) is 118 cm³/mol. The van der Waals surface area contributed by atoms with Gasteiger partial charge in [0.1, 0.15) is 16.9 Å². The van der Waals surface area contributed by atoms with Gasteiger partial charge < -0.3 is 9.47 Å². The smallest absolute Gasteiger partial charge is 0.424 e. The molecule has 2 rings (SSSR count). The molecule has 2 aromatic rings. The summed E-state index contributed by atoms with van der Waals surface area (Å²) in [7, 11) is 0. The monoisotopic (exact) mass is 428 g/mol. The number of nitro benzene ring substituents is 1. The van der Waals surface area contributed by atoms with Crippen molar-refractivity contribution in [2.45, 2.75) is 59.7 Å². The molecule has 0 saturated carbocycles. The first-order valence-corrected chi connectivity index (χ1v) is 9.79. The van der Waals surface area contributed by atoms with E-state index < -0.39 is 34.0 Å². The van der Waals surface area contributed by atoms with Gasteiger partial charge in [-0.05, 0) is 65.7 Å². The number of anilines is 1. The number of nitro groups is 1. The second-order valence-corrected chi connectivity index (χ2v) is 9.12. The molecule has 0 fully saturated rings. The lowest BCUT2D eigenvalue weighted by atomic mass is 10.0. The fourth-order valence-corrected chi connectivity index (χ4v) is 2.67. The molecule has 0 aliphatic heterocycles. The second-order valence-electron chi connectivity index (χ2n) is 9.12. The number of imide groups is 1. The van der Waals surface area contributed by atoms with Gasteiger partial charge in [-0.1, -0.05) is 35.9 Å². The van der Waals surface area contributed by atoms with Gasteiger partial charge in [0.05, 0.1) is 4.92 Å². The van der Waals surface area contributed by atoms with Crippen LogP contribution in [0.2, 0.25) is 0 Å². The average molecular weight is 428 g/mol. The fraction of sp³-hybridized carbons (Fsp3) is 0.391. The molecule has 31 heavy (non-hydrogen) atoms. The molecule has 0 aliphatic carbocycles. The highest BCUT2D eigenvalue weighted by molar-refractivity contribution is 6.11. The zero-order valence-electron chi connectivity index (χ0n) is 18.9. The number of hydrogen-bond acceptors (Lipinski definition) is 6. The molecular weight excluding hydrogens is 400 g/mol. The molecule has 0 unspecified atom stereocenters. The van der Waals surface area contributed by atoms with E-state index >= 15 is 0 Å². The van der Waals surface area contributed by atoms with E-state index in [1.807, 2.05) is 31.2 Å². The van der Waals surface area contributed by atoms with E-state index in [1.54, 1.807) is 47.6 Å². The second kappa shape index (κ2) is 8.75. The van der Waals surface area contributed by atoms with Gasteiger partial charge in [0.15, 0.2) is 0 Å². The van der Waals surface area contributed by atoms with Gasteiger partial charge in [0, 0.05) is 6.07 Å². The van der Waals surface area contributed by atoms with E-state index in [1.165, 1.54) is 12.1 Å². The van der Waals surface area contributed by atoms with Crippen LogP contribution in [0.15, 0.2) is 42.5 Å². The largest absolute Gasteiger partial charge is 0.443 e. The van der Waals surface area contributed by atoms with Crippen molar-refractivity contribution in [3.05, 3.63) is 58.1 Å². The number of ether oxygens (including phenoxy) is 2. The van der Waals surface area contributed by atoms with E-state index in [2.05, 4.69) is 0 Å². The van der Waals surface area contributed by atoms with Crippen LogP contribution in [0, 0.1) is 17.0 Å². The van der Waals surface area contributed by atoms with Gasteiger partial charge >= 0.3 is 12.2 Å². The number of carbonyl (C=O) groups is 2. The quantitative estimate of drug-likeness (QED) is 0.423. The van der Waals surface area contributed by atoms with Crippen LogP contribution >= 0.6 is 0 Å². The van der Waals surface area contributed by atoms with Crippen LogP contribution in [0.5, 0.6) is 0 Å². The highest BCUT2D eigenvalue weighted by Crippen LogP contribution is 2.35. The Morgan fingerprint density at radius 3 is 1.71 bits per heavy atom. The minimum absolute atomic E-state index is 0.232. The predicted octanol–water partition coefficient (Wildman–Crippen LogP) is 6.25. The summed E-state index contributed by atoms with van der Waals surface area (Å²) in [6.45, 7) is 11.7. The maximum atomic E-state index is 12.8. The number of hydrogen-bond donors (Lipinski definition) is 0. The third kappa shape index (κ3) is 6.53. The van der Waals surface area contributed by atoms with Gasteiger partial charge in [-0.3, -0.25) is 10.1 Å². The van der Waals surface area contributed by atoms with E-state index in [4.69, 9.17) is 9.47 Å². The Kier molecular flexibility index (Phi) is 6.73. The highest BCUT2D eigenvalue weighted by atomic mass is 16.6. The lowest BCUT2D eigenvalue weighted by Crippen LogP contribution is -2.44. The maximum Gasteiger partial charge on any atom is 0.424 e. The van der Waals surface area contributed by atoms with Gasteiger partial charge in [0.25, 0.3) is 5.69 Å². The van der Waals surface area contributed by atoms with Crippen LogP contribution in [-0.4, -0.2) is 28.3 Å². The van der Waals surface area contributed by atoms with Crippen molar-refractivity contribution < 1.29 is 24.0 Å². The highest BCUT2D eigenvalue weighted by Gasteiger charge is 2.36. The van der Waals surface area contributed by atoms with Crippen LogP contribution in [0.25, 0.3) is 11.1 Å². The number of amides is 2. The number of carbonyl (C=O) groups excluding carboxylic acids is 2. The Balaban J connectivity index is 2.60. The van der Waals surface area contributed by atoms with Crippen molar-refractivity contribution in [2.24, 2.45) is 0 Å². The summed E-state index contributed by atoms with van der Waals surface area (Å²) in [5.41, 5.74) is -0.109. The number of aryl methyl sites for hydroxylation is 1. The van der Waals surface area contributed by atoms with Crippen LogP contribution in [0.3, 0.4) is 0 Å². The molecule has 0 atom stereocenters. The van der Waals surface area contributed by atoms with Crippen molar-refractivity contribution in [2.75, 3.05) is 4.90 Å². The summed E-state index contributed by atoms with van der Waals surface area (Å²) in [5, 5.41) is 11.9. The summed E-state index contributed by atoms with van der Waals surface area (Å²) in [4.78, 5) is 37.4. The summed E-state index contributed by atoms with van der Waals surface area (Å²) < 4.78 is 10.6. The SMILES string of the molecule is Cc1ccc(-c2ccc(N(C(=O)OC(C)(C)C)C(=O)OC(C)(C)C)c([N+](=O)[O-])c2)cc1. The van der Waals surface area contributed by atoms with E-state index in [-0.39, 0.29) is 5.69 Å². The number of benzene rings is 2. The summed E-state index contributed by atoms with van der Waals surface area (Å²) in [6.07, 6.45) is -2.12. The molecule has 0 bridgehead atoms. The molecule has 0 saturated heterocycles. The van der Waals surface area contributed by atoms with Crippen molar-refractivity contribution in [1.82, 2.24) is 0 Å². The minimum atomic E-state index is -1.06. The molecular formula is C23H28N2O6. The Morgan fingerprint density at radius 2 is 1.29 bits per heavy atom. The molecule has 0 aromatic heterocycles. The first kappa shape index (κ1) is 23.9. The zero-order chi connectivity index (χ0) is 23.6. The third-order valence-corrected chi connectivity index (χ3v) is 3.95. The lowest BCUT2D eigenvalue weighted by Gasteiger charge is -2.28. The van der Waals surface area contributed by atoms with Crippen molar-refractivity contribution in [3.63, 3.8) is 0 Å². The molecule has 2 aromatic carbocycles. The van der Waals surface area contributed by atoms with Crippen molar-refractivity contribution in [1.29, 1.82) is 0 Å². The molecule has 0 spiro atoms. The molecule has 8 heteroatoms. The first-order valence-electron chi connectivity index (χ1n) is 9.79. The summed E-state index contributed by atoms with van der Waals surface area (Å²) in [5.74, 6) is 0. The van der Waals surface area contributed by atoms with E-state index in [0.29, 0.717) is 10.5 Å².